The van der Waals surface area contributed by atoms with E-state index >= 15 is 4.39 Å². The fourth-order valence-corrected chi connectivity index (χ4v) is 8.40. The van der Waals surface area contributed by atoms with Gasteiger partial charge in [-0.1, -0.05) is 77.4 Å². The maximum atomic E-state index is 15.4. The van der Waals surface area contributed by atoms with Crippen LogP contribution in [0.1, 0.15) is 59.3 Å². The molecule has 4 aromatic carbocycles. The average Bonchev–Trinajstić information content (AvgIpc) is 3.83. The van der Waals surface area contributed by atoms with Crippen molar-refractivity contribution in [3.8, 4) is 22.5 Å². The Morgan fingerprint density at radius 3 is 2.31 bits per heavy atom. The molecule has 2 aromatic heterocycles. The molecule has 1 saturated heterocycles. The maximum Gasteiger partial charge on any atom is 0.241 e. The highest BCUT2D eigenvalue weighted by Crippen LogP contribution is 2.36. The number of hydrogen-bond donors (Lipinski definition) is 1. The molecular weight excluding hydrogens is 715 g/mol. The Morgan fingerprint density at radius 1 is 0.889 bits per heavy atom. The summed E-state index contributed by atoms with van der Waals surface area (Å²) in [7, 11) is -4.07. The van der Waals surface area contributed by atoms with Crippen molar-refractivity contribution in [2.45, 2.75) is 50.7 Å². The van der Waals surface area contributed by atoms with Gasteiger partial charge in [0.2, 0.25) is 23.5 Å². The van der Waals surface area contributed by atoms with Gasteiger partial charge in [0, 0.05) is 29.8 Å². The Balaban J connectivity index is 1.04. The zero-order valence-electron chi connectivity index (χ0n) is 29.7. The Kier molecular flexibility index (Phi) is 10.7. The highest BCUT2D eigenvalue weighted by atomic mass is 32.2. The molecule has 1 aliphatic heterocycles. The Bertz CT molecular complexity index is 2350. The largest absolute Gasteiger partial charge is 0.338 e. The predicted molar refractivity (Wildman–Crippen MR) is 197 cm³/mol. The molecule has 14 heteroatoms. The van der Waals surface area contributed by atoms with Gasteiger partial charge >= 0.3 is 0 Å². The van der Waals surface area contributed by atoms with Gasteiger partial charge in [0.25, 0.3) is 0 Å². The van der Waals surface area contributed by atoms with Crippen molar-refractivity contribution in [3.63, 3.8) is 0 Å². The lowest BCUT2D eigenvalue weighted by atomic mass is 9.96. The van der Waals surface area contributed by atoms with Crippen LogP contribution in [-0.2, 0) is 33.4 Å². The number of piperidine rings is 1. The summed E-state index contributed by atoms with van der Waals surface area (Å²) in [5, 5.41) is 9.62. The highest BCUT2D eigenvalue weighted by Gasteiger charge is 2.32. The van der Waals surface area contributed by atoms with Crippen molar-refractivity contribution < 1.29 is 31.0 Å². The van der Waals surface area contributed by atoms with E-state index in [1.807, 2.05) is 38.1 Å². The molecule has 11 nitrogen and oxygen atoms in total. The molecule has 2 atom stereocenters. The number of aromatic nitrogens is 4. The van der Waals surface area contributed by atoms with Crippen LogP contribution in [0.4, 0.5) is 14.5 Å². The minimum absolute atomic E-state index is 0.0702. The van der Waals surface area contributed by atoms with E-state index in [-0.39, 0.29) is 28.8 Å². The number of hydrogen-bond acceptors (Lipinski definition) is 10. The fraction of sp³-hybridized carbons (Fsp3) is 0.275. The number of anilines is 1. The summed E-state index contributed by atoms with van der Waals surface area (Å²) in [5.74, 6) is -0.742. The first-order valence-electron chi connectivity index (χ1n) is 17.7. The van der Waals surface area contributed by atoms with Crippen LogP contribution in [0, 0.1) is 24.5 Å². The van der Waals surface area contributed by atoms with Crippen molar-refractivity contribution in [2.75, 3.05) is 18.4 Å². The van der Waals surface area contributed by atoms with Crippen LogP contribution >= 0.6 is 0 Å². The molecule has 6 aromatic rings. The summed E-state index contributed by atoms with van der Waals surface area (Å²) in [4.78, 5) is 24.2. The van der Waals surface area contributed by atoms with E-state index in [9.17, 15) is 17.6 Å². The Morgan fingerprint density at radius 2 is 1.59 bits per heavy atom. The normalized spacial score (nSPS) is 15.6. The smallest absolute Gasteiger partial charge is 0.241 e. The minimum Gasteiger partial charge on any atom is -0.338 e. The summed E-state index contributed by atoms with van der Waals surface area (Å²) in [6.07, 6.45) is 2.02. The van der Waals surface area contributed by atoms with Crippen molar-refractivity contribution in [1.29, 1.82) is 0 Å². The molecule has 54 heavy (non-hydrogen) atoms. The molecule has 1 N–H and O–H groups in total. The van der Waals surface area contributed by atoms with Gasteiger partial charge in [-0.3, -0.25) is 9.69 Å². The Hall–Kier alpha value is -5.60. The first-order valence-corrected chi connectivity index (χ1v) is 19.4. The minimum atomic E-state index is -4.07. The van der Waals surface area contributed by atoms with E-state index in [2.05, 4.69) is 30.5 Å². The molecule has 0 radical (unpaired) electrons. The number of aryl methyl sites for hydroxylation is 2. The van der Waals surface area contributed by atoms with Crippen molar-refractivity contribution in [2.24, 2.45) is 5.92 Å². The predicted octanol–water partition coefficient (Wildman–Crippen LogP) is 7.49. The first kappa shape index (κ1) is 36.7. The number of carbonyl (C=O) groups is 1. The van der Waals surface area contributed by atoms with Gasteiger partial charge in [0.05, 0.1) is 12.5 Å². The van der Waals surface area contributed by atoms with Crippen molar-refractivity contribution in [1.82, 2.24) is 25.2 Å². The quantitative estimate of drug-likeness (QED) is 0.134. The number of benzene rings is 4. The first-order chi connectivity index (χ1) is 26.0. The maximum absolute atomic E-state index is 15.4. The molecule has 3 heterocycles. The number of sulfone groups is 1. The summed E-state index contributed by atoms with van der Waals surface area (Å²) < 4.78 is 67.7. The molecule has 1 aliphatic rings. The Labute approximate surface area is 311 Å². The SMILES string of the molecule is CCc1noc(CS(=O)(=O)C(c2ccc(F)cc2)c2ccc(F)c(-c3ccc(NC(=O)C4CCCN(Cc5nc(-c6ccc(C)cc6)no5)C4)cc3)c2)n1. The topological polar surface area (TPSA) is 144 Å². The second-order valence-electron chi connectivity index (χ2n) is 13.5. The van der Waals surface area contributed by atoms with Crippen LogP contribution in [0.25, 0.3) is 22.5 Å². The summed E-state index contributed by atoms with van der Waals surface area (Å²) in [6, 6.07) is 23.8. The van der Waals surface area contributed by atoms with Gasteiger partial charge < -0.3 is 14.4 Å². The van der Waals surface area contributed by atoms with Crippen LogP contribution in [0.5, 0.6) is 0 Å². The number of nitrogens with zero attached hydrogens (tertiary/aromatic N) is 5. The zero-order chi connectivity index (χ0) is 37.8. The number of nitrogens with one attached hydrogen (secondary N) is 1. The lowest BCUT2D eigenvalue weighted by Gasteiger charge is -2.30. The summed E-state index contributed by atoms with van der Waals surface area (Å²) in [5.41, 5.74) is 3.76. The molecule has 1 fully saturated rings. The standard InChI is InChI=1S/C40H38F2N6O5S/c1-3-35-44-37(53-46-35)24-54(50,51)38(27-10-15-31(41)16-11-27)29-14-19-34(42)33(21-29)26-12-17-32(18-13-26)43-40(49)30-5-4-20-48(22-30)23-36-45-39(47-52-36)28-8-6-25(2)7-9-28/h6-19,21,30,38H,3-5,20,22-24H2,1-2H3,(H,43,49). The molecule has 1 amide bonds. The molecule has 0 aliphatic carbocycles. The van der Waals surface area contributed by atoms with Crippen LogP contribution < -0.4 is 5.32 Å². The van der Waals surface area contributed by atoms with E-state index in [4.69, 9.17) is 9.05 Å². The van der Waals surface area contributed by atoms with Gasteiger partial charge in [0.1, 0.15) is 22.6 Å². The molecule has 0 saturated carbocycles. The van der Waals surface area contributed by atoms with E-state index in [1.165, 1.54) is 42.5 Å². The molecule has 278 valence electrons. The van der Waals surface area contributed by atoms with Crippen LogP contribution in [-0.4, -0.2) is 52.6 Å². The van der Waals surface area contributed by atoms with E-state index < -0.39 is 32.5 Å². The summed E-state index contributed by atoms with van der Waals surface area (Å²) in [6.45, 7) is 5.58. The van der Waals surface area contributed by atoms with Crippen LogP contribution in [0.3, 0.4) is 0 Å². The third-order valence-electron chi connectivity index (χ3n) is 9.45. The van der Waals surface area contributed by atoms with Gasteiger partial charge in [-0.25, -0.2) is 17.2 Å². The lowest BCUT2D eigenvalue weighted by Crippen LogP contribution is -2.40. The number of carbonyl (C=O) groups excluding carboxylic acids is 1. The third kappa shape index (κ3) is 8.45. The number of rotatable bonds is 12. The summed E-state index contributed by atoms with van der Waals surface area (Å²) >= 11 is 0. The second-order valence-corrected chi connectivity index (χ2v) is 15.5. The zero-order valence-corrected chi connectivity index (χ0v) is 30.5. The monoisotopic (exact) mass is 752 g/mol. The van der Waals surface area contributed by atoms with Crippen LogP contribution in [0.15, 0.2) is 100 Å². The van der Waals surface area contributed by atoms with Gasteiger partial charge in [0.15, 0.2) is 15.7 Å². The van der Waals surface area contributed by atoms with E-state index in [0.29, 0.717) is 53.9 Å². The number of halogens is 2. The molecular formula is C40H38F2N6O5S. The number of amides is 1. The second kappa shape index (κ2) is 15.8. The molecule has 7 rings (SSSR count). The fourth-order valence-electron chi connectivity index (χ4n) is 6.64. The highest BCUT2D eigenvalue weighted by molar-refractivity contribution is 7.91. The molecule has 0 spiro atoms. The van der Waals surface area contributed by atoms with Gasteiger partial charge in [-0.05, 0) is 79.4 Å². The van der Waals surface area contributed by atoms with Crippen molar-refractivity contribution in [3.05, 3.63) is 137 Å². The van der Waals surface area contributed by atoms with Crippen LogP contribution in [0.2, 0.25) is 0 Å². The average molecular weight is 753 g/mol. The number of likely N-dealkylation sites (tertiary alicyclic amines) is 1. The van der Waals surface area contributed by atoms with Crippen molar-refractivity contribution >= 4 is 21.4 Å². The van der Waals surface area contributed by atoms with E-state index in [0.717, 1.165) is 30.5 Å². The van der Waals surface area contributed by atoms with Gasteiger partial charge in [-0.15, -0.1) is 0 Å². The molecule has 0 bridgehead atoms. The van der Waals surface area contributed by atoms with E-state index in [1.54, 1.807) is 24.3 Å². The third-order valence-corrected chi connectivity index (χ3v) is 11.4. The lowest BCUT2D eigenvalue weighted by molar-refractivity contribution is -0.121. The van der Waals surface area contributed by atoms with Gasteiger partial charge in [-0.2, -0.15) is 9.97 Å². The molecule has 2 unspecified atom stereocenters.